The smallest absolute Gasteiger partial charge is 0.276 e. The first-order valence-corrected chi connectivity index (χ1v) is 7.53. The lowest BCUT2D eigenvalue weighted by molar-refractivity contribution is 0.109. The Balaban J connectivity index is 2.22. The summed E-state index contributed by atoms with van der Waals surface area (Å²) >= 11 is 0. The summed E-state index contributed by atoms with van der Waals surface area (Å²) in [4.78, 5) is 10.5. The molecule has 18 heavy (non-hydrogen) atoms. The minimum Gasteiger partial charge on any atom is -0.440 e. The molecule has 0 N–H and O–H groups in total. The summed E-state index contributed by atoms with van der Waals surface area (Å²) in [5, 5.41) is -0.140. The number of sulfonamides is 1. The van der Waals surface area contributed by atoms with Gasteiger partial charge in [0, 0.05) is 13.1 Å². The fourth-order valence-electron chi connectivity index (χ4n) is 2.14. The van der Waals surface area contributed by atoms with Crippen LogP contribution in [0.1, 0.15) is 36.7 Å². The largest absolute Gasteiger partial charge is 0.440 e. The van der Waals surface area contributed by atoms with E-state index in [0.29, 0.717) is 25.3 Å². The second-order valence-electron chi connectivity index (χ2n) is 4.71. The molecule has 1 aliphatic rings. The lowest BCUT2D eigenvalue weighted by Crippen LogP contribution is -2.31. The zero-order chi connectivity index (χ0) is 13.2. The fourth-order valence-corrected chi connectivity index (χ4v) is 3.55. The Morgan fingerprint density at radius 1 is 1.33 bits per heavy atom. The maximum atomic E-state index is 12.3. The molecule has 0 radical (unpaired) electrons. The molecule has 1 saturated heterocycles. The lowest BCUT2D eigenvalue weighted by atomic mass is 10.0. The van der Waals surface area contributed by atoms with Gasteiger partial charge in [0.05, 0.1) is 0 Å². The molecule has 0 aromatic carbocycles. The number of rotatable bonds is 3. The van der Waals surface area contributed by atoms with Crippen LogP contribution < -0.4 is 0 Å². The zero-order valence-electron chi connectivity index (χ0n) is 10.3. The molecule has 6 heteroatoms. The number of carbonyl (C=O) groups excluding carboxylic acids is 1. The Morgan fingerprint density at radius 3 is 2.78 bits per heavy atom. The molecule has 1 fully saturated rings. The molecule has 2 rings (SSSR count). The van der Waals surface area contributed by atoms with E-state index in [2.05, 4.69) is 6.92 Å². The normalized spacial score (nSPS) is 22.6. The summed E-state index contributed by atoms with van der Waals surface area (Å²) in [6.07, 6.45) is 3.27. The van der Waals surface area contributed by atoms with Crippen LogP contribution in [-0.2, 0) is 10.0 Å². The minimum atomic E-state index is -3.59. The Bertz CT molecular complexity index is 520. The van der Waals surface area contributed by atoms with Crippen LogP contribution in [0.5, 0.6) is 0 Å². The predicted octanol–water partition coefficient (Wildman–Crippen LogP) is 1.90. The van der Waals surface area contributed by atoms with Crippen molar-refractivity contribution in [3.05, 3.63) is 17.9 Å². The van der Waals surface area contributed by atoms with E-state index in [1.165, 1.54) is 16.4 Å². The first kappa shape index (κ1) is 13.3. The van der Waals surface area contributed by atoms with Crippen LogP contribution in [0, 0.1) is 5.92 Å². The number of furan rings is 1. The van der Waals surface area contributed by atoms with E-state index in [1.807, 2.05) is 0 Å². The molecule has 0 amide bonds. The fraction of sp³-hybridized carbons (Fsp3) is 0.583. The maximum absolute atomic E-state index is 12.3. The standard InChI is InChI=1S/C12H17NO4S/c1-10-3-2-7-13(8-6-10)18(15,16)12-5-4-11(9-14)17-12/h4-5,9-10H,2-3,6-8H2,1H3. The molecule has 0 aliphatic carbocycles. The van der Waals surface area contributed by atoms with Crippen molar-refractivity contribution >= 4 is 16.3 Å². The van der Waals surface area contributed by atoms with Crippen LogP contribution in [0.4, 0.5) is 0 Å². The second-order valence-corrected chi connectivity index (χ2v) is 6.58. The first-order chi connectivity index (χ1) is 8.54. The SMILES string of the molecule is CC1CCCN(S(=O)(=O)c2ccc(C=O)o2)CC1. The van der Waals surface area contributed by atoms with Crippen LogP contribution >= 0.6 is 0 Å². The molecule has 100 valence electrons. The average Bonchev–Trinajstić information content (AvgIpc) is 2.72. The van der Waals surface area contributed by atoms with Crippen LogP contribution in [0.3, 0.4) is 0 Å². The van der Waals surface area contributed by atoms with Gasteiger partial charge in [-0.15, -0.1) is 0 Å². The average molecular weight is 271 g/mol. The van der Waals surface area contributed by atoms with Crippen molar-refractivity contribution in [2.45, 2.75) is 31.3 Å². The van der Waals surface area contributed by atoms with Gasteiger partial charge in [-0.05, 0) is 37.3 Å². The van der Waals surface area contributed by atoms with E-state index in [1.54, 1.807) is 0 Å². The van der Waals surface area contributed by atoms with Gasteiger partial charge in [-0.1, -0.05) is 6.92 Å². The van der Waals surface area contributed by atoms with E-state index in [4.69, 9.17) is 4.42 Å². The van der Waals surface area contributed by atoms with E-state index >= 15 is 0 Å². The summed E-state index contributed by atoms with van der Waals surface area (Å²) < 4.78 is 31.1. The topological polar surface area (TPSA) is 67.6 Å². The van der Waals surface area contributed by atoms with Crippen molar-refractivity contribution in [1.82, 2.24) is 4.31 Å². The molecule has 1 aliphatic heterocycles. The first-order valence-electron chi connectivity index (χ1n) is 6.09. The van der Waals surface area contributed by atoms with Crippen LogP contribution in [0.25, 0.3) is 0 Å². The highest BCUT2D eigenvalue weighted by Crippen LogP contribution is 2.23. The number of hydrogen-bond donors (Lipinski definition) is 0. The Hall–Kier alpha value is -1.14. The zero-order valence-corrected chi connectivity index (χ0v) is 11.1. The van der Waals surface area contributed by atoms with Gasteiger partial charge in [0.25, 0.3) is 10.0 Å². The lowest BCUT2D eigenvalue weighted by Gasteiger charge is -2.18. The van der Waals surface area contributed by atoms with Crippen LogP contribution in [-0.4, -0.2) is 32.1 Å². The molecule has 1 aromatic heterocycles. The molecule has 2 heterocycles. The predicted molar refractivity (Wildman–Crippen MR) is 65.9 cm³/mol. The molecule has 5 nitrogen and oxygen atoms in total. The van der Waals surface area contributed by atoms with E-state index < -0.39 is 10.0 Å². The third-order valence-corrected chi connectivity index (χ3v) is 5.06. The van der Waals surface area contributed by atoms with Gasteiger partial charge in [0.1, 0.15) is 0 Å². The van der Waals surface area contributed by atoms with E-state index in [0.717, 1.165) is 19.3 Å². The summed E-state index contributed by atoms with van der Waals surface area (Å²) in [5.41, 5.74) is 0. The van der Waals surface area contributed by atoms with Crippen LogP contribution in [0.2, 0.25) is 0 Å². The molecule has 0 spiro atoms. The minimum absolute atomic E-state index is 0.0387. The summed E-state index contributed by atoms with van der Waals surface area (Å²) in [5.74, 6) is 0.587. The molecule has 1 atom stereocenters. The molecular formula is C12H17NO4S. The number of nitrogens with zero attached hydrogens (tertiary/aromatic N) is 1. The second kappa shape index (κ2) is 5.24. The maximum Gasteiger partial charge on any atom is 0.276 e. The molecular weight excluding hydrogens is 254 g/mol. The third-order valence-electron chi connectivity index (χ3n) is 3.29. The van der Waals surface area contributed by atoms with Gasteiger partial charge >= 0.3 is 0 Å². The van der Waals surface area contributed by atoms with Gasteiger partial charge in [0.15, 0.2) is 12.0 Å². The van der Waals surface area contributed by atoms with Gasteiger partial charge in [0.2, 0.25) is 5.09 Å². The van der Waals surface area contributed by atoms with Gasteiger partial charge in [-0.2, -0.15) is 4.31 Å². The molecule has 0 saturated carbocycles. The Kier molecular flexibility index (Phi) is 3.87. The Morgan fingerprint density at radius 2 is 2.11 bits per heavy atom. The molecule has 1 aromatic rings. The summed E-state index contributed by atoms with van der Waals surface area (Å²) in [6, 6.07) is 2.72. The summed E-state index contributed by atoms with van der Waals surface area (Å²) in [6.45, 7) is 3.16. The van der Waals surface area contributed by atoms with Crippen molar-refractivity contribution in [2.75, 3.05) is 13.1 Å². The van der Waals surface area contributed by atoms with E-state index in [-0.39, 0.29) is 10.9 Å². The highest BCUT2D eigenvalue weighted by Gasteiger charge is 2.29. The van der Waals surface area contributed by atoms with Crippen molar-refractivity contribution < 1.29 is 17.6 Å². The van der Waals surface area contributed by atoms with Crippen molar-refractivity contribution in [3.8, 4) is 0 Å². The third kappa shape index (κ3) is 2.64. The van der Waals surface area contributed by atoms with Crippen molar-refractivity contribution in [1.29, 1.82) is 0 Å². The van der Waals surface area contributed by atoms with Gasteiger partial charge in [-0.3, -0.25) is 4.79 Å². The van der Waals surface area contributed by atoms with E-state index in [9.17, 15) is 13.2 Å². The molecule has 0 bridgehead atoms. The highest BCUT2D eigenvalue weighted by atomic mass is 32.2. The highest BCUT2D eigenvalue weighted by molar-refractivity contribution is 7.89. The van der Waals surface area contributed by atoms with Gasteiger partial charge < -0.3 is 4.42 Å². The number of aldehydes is 1. The van der Waals surface area contributed by atoms with Crippen molar-refractivity contribution in [3.63, 3.8) is 0 Å². The quantitative estimate of drug-likeness (QED) is 0.787. The monoisotopic (exact) mass is 271 g/mol. The Labute approximate surface area is 107 Å². The van der Waals surface area contributed by atoms with Crippen molar-refractivity contribution in [2.24, 2.45) is 5.92 Å². The van der Waals surface area contributed by atoms with Crippen LogP contribution in [0.15, 0.2) is 21.6 Å². The summed E-state index contributed by atoms with van der Waals surface area (Å²) in [7, 11) is -3.59. The molecule has 1 unspecified atom stereocenters. The number of hydrogen-bond acceptors (Lipinski definition) is 4. The van der Waals surface area contributed by atoms with Gasteiger partial charge in [-0.25, -0.2) is 8.42 Å². The number of carbonyl (C=O) groups is 1.